The van der Waals surface area contributed by atoms with Crippen molar-refractivity contribution in [2.24, 2.45) is 0 Å². The molecule has 1 atom stereocenters. The minimum Gasteiger partial charge on any atom is -0.481 e. The lowest BCUT2D eigenvalue weighted by Gasteiger charge is -2.15. The molecule has 0 saturated heterocycles. The maximum atomic E-state index is 12.8. The van der Waals surface area contributed by atoms with Crippen LogP contribution < -0.4 is 15.7 Å². The summed E-state index contributed by atoms with van der Waals surface area (Å²) in [6.45, 7) is 3.60. The lowest BCUT2D eigenvalue weighted by molar-refractivity contribution is -0.123. The summed E-state index contributed by atoms with van der Waals surface area (Å²) in [5.74, 6) is 0.0958. The zero-order valence-corrected chi connectivity index (χ0v) is 15.9. The van der Waals surface area contributed by atoms with Gasteiger partial charge in [-0.3, -0.25) is 15.0 Å². The van der Waals surface area contributed by atoms with Gasteiger partial charge in [0.05, 0.1) is 11.9 Å². The van der Waals surface area contributed by atoms with Crippen LogP contribution >= 0.6 is 0 Å². The highest BCUT2D eigenvalue weighted by atomic mass is 16.5. The van der Waals surface area contributed by atoms with Gasteiger partial charge in [0, 0.05) is 0 Å². The van der Waals surface area contributed by atoms with Gasteiger partial charge < -0.3 is 4.74 Å². The molecular formula is C21H19N5O3. The van der Waals surface area contributed by atoms with Gasteiger partial charge in [-0.2, -0.15) is 5.10 Å². The molecule has 4 rings (SSSR count). The number of nitrogens with zero attached hydrogens (tertiary/aromatic N) is 4. The molecule has 0 aliphatic rings. The van der Waals surface area contributed by atoms with Crippen LogP contribution in [0.2, 0.25) is 0 Å². The van der Waals surface area contributed by atoms with Crippen LogP contribution in [0.3, 0.4) is 0 Å². The number of aromatic nitrogens is 4. The number of nitrogens with one attached hydrogen (secondary N) is 1. The van der Waals surface area contributed by atoms with Crippen molar-refractivity contribution < 1.29 is 9.53 Å². The van der Waals surface area contributed by atoms with Crippen LogP contribution in [0.1, 0.15) is 12.5 Å². The third kappa shape index (κ3) is 3.73. The highest BCUT2D eigenvalue weighted by molar-refractivity contribution is 5.88. The van der Waals surface area contributed by atoms with E-state index in [1.807, 2.05) is 49.4 Å². The second kappa shape index (κ2) is 7.59. The first-order chi connectivity index (χ1) is 14.0. The summed E-state index contributed by atoms with van der Waals surface area (Å²) < 4.78 is 8.21. The van der Waals surface area contributed by atoms with Crippen molar-refractivity contribution in [3.63, 3.8) is 0 Å². The second-order valence-corrected chi connectivity index (χ2v) is 6.60. The van der Waals surface area contributed by atoms with Crippen molar-refractivity contribution >= 4 is 16.9 Å². The van der Waals surface area contributed by atoms with E-state index in [-0.39, 0.29) is 0 Å². The summed E-state index contributed by atoms with van der Waals surface area (Å²) in [6, 6.07) is 16.7. The third-order valence-corrected chi connectivity index (χ3v) is 4.42. The zero-order chi connectivity index (χ0) is 20.4. The number of amides is 1. The first kappa shape index (κ1) is 18.4. The van der Waals surface area contributed by atoms with Gasteiger partial charge in [-0.05, 0) is 38.1 Å². The van der Waals surface area contributed by atoms with E-state index >= 15 is 0 Å². The number of carbonyl (C=O) groups is 1. The largest absolute Gasteiger partial charge is 0.481 e. The first-order valence-electron chi connectivity index (χ1n) is 9.08. The topological polar surface area (TPSA) is 91.0 Å². The van der Waals surface area contributed by atoms with E-state index in [9.17, 15) is 9.59 Å². The number of carbonyl (C=O) groups excluding carboxylic acids is 1. The molecule has 2 aromatic carbocycles. The number of hydrogen-bond acceptors (Lipinski definition) is 5. The SMILES string of the molecule is Cc1ccc(-n2ncc3c(=O)n(NC(=O)C(C)Oc4ccccc4)cnc32)cc1. The van der Waals surface area contributed by atoms with Crippen molar-refractivity contribution in [1.82, 2.24) is 19.4 Å². The van der Waals surface area contributed by atoms with Gasteiger partial charge in [0.2, 0.25) is 0 Å². The van der Waals surface area contributed by atoms with Crippen LogP contribution in [0.4, 0.5) is 0 Å². The predicted molar refractivity (Wildman–Crippen MR) is 109 cm³/mol. The fourth-order valence-electron chi connectivity index (χ4n) is 2.83. The van der Waals surface area contributed by atoms with Crippen molar-refractivity contribution in [1.29, 1.82) is 0 Å². The molecule has 1 N–H and O–H groups in total. The Hall–Kier alpha value is -3.94. The highest BCUT2D eigenvalue weighted by Crippen LogP contribution is 2.14. The summed E-state index contributed by atoms with van der Waals surface area (Å²) in [4.78, 5) is 29.5. The average Bonchev–Trinajstić information content (AvgIpc) is 3.16. The van der Waals surface area contributed by atoms with Crippen molar-refractivity contribution in [2.75, 3.05) is 5.43 Å². The molecule has 8 nitrogen and oxygen atoms in total. The molecule has 29 heavy (non-hydrogen) atoms. The van der Waals surface area contributed by atoms with Gasteiger partial charge in [0.1, 0.15) is 17.5 Å². The number of fused-ring (bicyclic) bond motifs is 1. The fourth-order valence-corrected chi connectivity index (χ4v) is 2.83. The van der Waals surface area contributed by atoms with Crippen LogP contribution in [0.15, 0.2) is 71.9 Å². The number of hydrogen-bond donors (Lipinski definition) is 1. The Morgan fingerprint density at radius 3 is 2.55 bits per heavy atom. The van der Waals surface area contributed by atoms with E-state index in [0.717, 1.165) is 15.9 Å². The molecule has 8 heteroatoms. The van der Waals surface area contributed by atoms with Gasteiger partial charge >= 0.3 is 0 Å². The van der Waals surface area contributed by atoms with Gasteiger partial charge in [-0.15, -0.1) is 0 Å². The lowest BCUT2D eigenvalue weighted by atomic mass is 10.2. The molecule has 2 heterocycles. The Bertz CT molecular complexity index is 1210. The van der Waals surface area contributed by atoms with Crippen LogP contribution in [0.5, 0.6) is 5.75 Å². The molecule has 4 aromatic rings. The van der Waals surface area contributed by atoms with E-state index in [0.29, 0.717) is 16.8 Å². The summed E-state index contributed by atoms with van der Waals surface area (Å²) in [5.41, 5.74) is 4.43. The van der Waals surface area contributed by atoms with Gasteiger partial charge in [0.15, 0.2) is 11.8 Å². The number of benzene rings is 2. The predicted octanol–water partition coefficient (Wildman–Crippen LogP) is 2.43. The molecule has 0 fully saturated rings. The smallest absolute Gasteiger partial charge is 0.283 e. The van der Waals surface area contributed by atoms with Crippen molar-refractivity contribution in [3.05, 3.63) is 83.0 Å². The van der Waals surface area contributed by atoms with Crippen molar-refractivity contribution in [3.8, 4) is 11.4 Å². The fraction of sp³-hybridized carbons (Fsp3) is 0.143. The van der Waals surface area contributed by atoms with Crippen LogP contribution in [0.25, 0.3) is 16.7 Å². The Kier molecular flexibility index (Phi) is 4.82. The molecule has 0 bridgehead atoms. The van der Waals surface area contributed by atoms with Crippen LogP contribution in [0, 0.1) is 6.92 Å². The Labute approximate surface area is 166 Å². The summed E-state index contributed by atoms with van der Waals surface area (Å²) in [5, 5.41) is 4.57. The Morgan fingerprint density at radius 1 is 1.10 bits per heavy atom. The van der Waals surface area contributed by atoms with Gasteiger partial charge in [-0.1, -0.05) is 35.9 Å². The quantitative estimate of drug-likeness (QED) is 0.566. The molecule has 146 valence electrons. The van der Waals surface area contributed by atoms with E-state index in [2.05, 4.69) is 15.5 Å². The lowest BCUT2D eigenvalue weighted by Crippen LogP contribution is -2.39. The molecule has 0 saturated carbocycles. The standard InChI is InChI=1S/C21H19N5O3/c1-14-8-10-16(11-9-14)26-19-18(12-23-26)21(28)25(13-22-19)24-20(27)15(2)29-17-6-4-3-5-7-17/h3-13,15H,1-2H3,(H,24,27). The average molecular weight is 389 g/mol. The van der Waals surface area contributed by atoms with E-state index in [1.54, 1.807) is 23.7 Å². The summed E-state index contributed by atoms with van der Waals surface area (Å²) in [7, 11) is 0. The first-order valence-corrected chi connectivity index (χ1v) is 9.08. The van der Waals surface area contributed by atoms with Crippen LogP contribution in [-0.2, 0) is 4.79 Å². The Balaban J connectivity index is 1.57. The number of para-hydroxylation sites is 1. The van der Waals surface area contributed by atoms with Crippen molar-refractivity contribution in [2.45, 2.75) is 20.0 Å². The number of ether oxygens (including phenoxy) is 1. The molecule has 1 unspecified atom stereocenters. The molecule has 0 aliphatic carbocycles. The molecule has 0 aliphatic heterocycles. The summed E-state index contributed by atoms with van der Waals surface area (Å²) >= 11 is 0. The normalized spacial score (nSPS) is 11.9. The maximum absolute atomic E-state index is 12.8. The van der Waals surface area contributed by atoms with Gasteiger partial charge in [0.25, 0.3) is 11.5 Å². The van der Waals surface area contributed by atoms with E-state index in [1.165, 1.54) is 12.5 Å². The van der Waals surface area contributed by atoms with E-state index in [4.69, 9.17) is 4.74 Å². The Morgan fingerprint density at radius 2 is 1.83 bits per heavy atom. The zero-order valence-electron chi connectivity index (χ0n) is 15.9. The molecule has 0 spiro atoms. The van der Waals surface area contributed by atoms with Crippen LogP contribution in [-0.4, -0.2) is 31.5 Å². The molecule has 1 amide bonds. The molecule has 0 radical (unpaired) electrons. The second-order valence-electron chi connectivity index (χ2n) is 6.60. The minimum absolute atomic E-state index is 0.296. The number of aryl methyl sites for hydroxylation is 1. The highest BCUT2D eigenvalue weighted by Gasteiger charge is 2.17. The van der Waals surface area contributed by atoms with Gasteiger partial charge in [-0.25, -0.2) is 14.3 Å². The molecule has 2 aromatic heterocycles. The maximum Gasteiger partial charge on any atom is 0.283 e. The molecular weight excluding hydrogens is 370 g/mol. The third-order valence-electron chi connectivity index (χ3n) is 4.42. The van der Waals surface area contributed by atoms with E-state index < -0.39 is 17.6 Å². The monoisotopic (exact) mass is 389 g/mol. The number of rotatable bonds is 5. The minimum atomic E-state index is -0.796. The summed E-state index contributed by atoms with van der Waals surface area (Å²) in [6.07, 6.45) is 1.91.